The summed E-state index contributed by atoms with van der Waals surface area (Å²) in [6.07, 6.45) is 1.05. The number of carbonyl (C=O) groups excluding carboxylic acids is 1. The summed E-state index contributed by atoms with van der Waals surface area (Å²) in [5.74, 6) is 1.00. The lowest BCUT2D eigenvalue weighted by Crippen LogP contribution is -2.11. The Morgan fingerprint density at radius 2 is 2.05 bits per heavy atom. The number of carbonyl (C=O) groups is 1. The first-order valence-electron chi connectivity index (χ1n) is 6.48. The van der Waals surface area contributed by atoms with Crippen molar-refractivity contribution in [1.82, 2.24) is 4.98 Å². The van der Waals surface area contributed by atoms with Crippen molar-refractivity contribution in [2.75, 3.05) is 19.5 Å². The third-order valence-corrected chi connectivity index (χ3v) is 3.76. The van der Waals surface area contributed by atoms with Gasteiger partial charge in [-0.1, -0.05) is 0 Å². The van der Waals surface area contributed by atoms with Crippen molar-refractivity contribution in [1.29, 1.82) is 0 Å². The number of methoxy groups -OCH3 is 2. The van der Waals surface area contributed by atoms with Crippen LogP contribution < -0.4 is 14.8 Å². The molecule has 2 heterocycles. The SMILES string of the molecule is COc1ccc2c(c1OC)C(=O)O[C@H]2Nc1ccc(Br)cn1. The molecule has 1 aromatic heterocycles. The fourth-order valence-electron chi connectivity index (χ4n) is 2.30. The lowest BCUT2D eigenvalue weighted by Gasteiger charge is -2.14. The molecule has 0 spiro atoms. The number of cyclic esters (lactones) is 1. The number of anilines is 1. The molecule has 0 bridgehead atoms. The molecule has 1 N–H and O–H groups in total. The Kier molecular flexibility index (Phi) is 3.89. The van der Waals surface area contributed by atoms with Gasteiger partial charge in [0.2, 0.25) is 6.23 Å². The van der Waals surface area contributed by atoms with Crippen LogP contribution in [0.5, 0.6) is 11.5 Å². The van der Waals surface area contributed by atoms with Gasteiger partial charge in [-0.2, -0.15) is 0 Å². The molecule has 0 fully saturated rings. The van der Waals surface area contributed by atoms with Gasteiger partial charge < -0.3 is 19.5 Å². The number of benzene rings is 1. The van der Waals surface area contributed by atoms with Crippen molar-refractivity contribution in [3.63, 3.8) is 0 Å². The molecule has 3 rings (SSSR count). The first-order chi connectivity index (χ1) is 10.6. The fourth-order valence-corrected chi connectivity index (χ4v) is 2.54. The Morgan fingerprint density at radius 3 is 2.68 bits per heavy atom. The van der Waals surface area contributed by atoms with E-state index in [1.165, 1.54) is 14.2 Å². The summed E-state index contributed by atoms with van der Waals surface area (Å²) in [6, 6.07) is 7.15. The van der Waals surface area contributed by atoms with Gasteiger partial charge in [0.25, 0.3) is 0 Å². The van der Waals surface area contributed by atoms with Crippen molar-refractivity contribution < 1.29 is 19.0 Å². The maximum atomic E-state index is 12.1. The molecule has 1 aromatic carbocycles. The second-order valence-electron chi connectivity index (χ2n) is 4.56. The second-order valence-corrected chi connectivity index (χ2v) is 5.47. The van der Waals surface area contributed by atoms with Crippen LogP contribution in [0.2, 0.25) is 0 Å². The van der Waals surface area contributed by atoms with Crippen molar-refractivity contribution in [3.05, 3.63) is 46.1 Å². The van der Waals surface area contributed by atoms with Crippen LogP contribution in [0.25, 0.3) is 0 Å². The van der Waals surface area contributed by atoms with Crippen molar-refractivity contribution >= 4 is 27.7 Å². The molecule has 1 atom stereocenters. The molecule has 0 aliphatic carbocycles. The molecule has 7 heteroatoms. The number of rotatable bonds is 4. The number of nitrogens with one attached hydrogen (secondary N) is 1. The van der Waals surface area contributed by atoms with Gasteiger partial charge in [0.15, 0.2) is 11.5 Å². The van der Waals surface area contributed by atoms with Crippen molar-refractivity contribution in [3.8, 4) is 11.5 Å². The molecule has 1 aliphatic rings. The normalized spacial score (nSPS) is 16.0. The van der Waals surface area contributed by atoms with Crippen LogP contribution in [0.15, 0.2) is 34.9 Å². The fraction of sp³-hybridized carbons (Fsp3) is 0.200. The first-order valence-corrected chi connectivity index (χ1v) is 7.27. The Bertz CT molecular complexity index is 718. The Hall–Kier alpha value is -2.28. The monoisotopic (exact) mass is 364 g/mol. The minimum Gasteiger partial charge on any atom is -0.493 e. The summed E-state index contributed by atoms with van der Waals surface area (Å²) in [5.41, 5.74) is 1.06. The summed E-state index contributed by atoms with van der Waals surface area (Å²) in [4.78, 5) is 16.4. The van der Waals surface area contributed by atoms with Crippen LogP contribution in [0.1, 0.15) is 22.1 Å². The lowest BCUT2D eigenvalue weighted by atomic mass is 10.1. The lowest BCUT2D eigenvalue weighted by molar-refractivity contribution is 0.0434. The average molecular weight is 365 g/mol. The van der Waals surface area contributed by atoms with Crippen LogP contribution in [-0.4, -0.2) is 25.2 Å². The van der Waals surface area contributed by atoms with Crippen LogP contribution >= 0.6 is 15.9 Å². The van der Waals surface area contributed by atoms with Gasteiger partial charge in [-0.3, -0.25) is 0 Å². The number of ether oxygens (including phenoxy) is 3. The minimum atomic E-state index is -0.615. The Morgan fingerprint density at radius 1 is 1.23 bits per heavy atom. The third kappa shape index (κ3) is 2.48. The van der Waals surface area contributed by atoms with Gasteiger partial charge in [0.05, 0.1) is 14.2 Å². The third-order valence-electron chi connectivity index (χ3n) is 3.30. The Labute approximate surface area is 135 Å². The molecule has 0 unspecified atom stereocenters. The molecule has 0 saturated heterocycles. The zero-order valence-electron chi connectivity index (χ0n) is 11.9. The van der Waals surface area contributed by atoms with Gasteiger partial charge in [0.1, 0.15) is 11.4 Å². The number of aromatic nitrogens is 1. The predicted molar refractivity (Wildman–Crippen MR) is 83.3 cm³/mol. The second kappa shape index (κ2) is 5.84. The molecular weight excluding hydrogens is 352 g/mol. The molecule has 114 valence electrons. The average Bonchev–Trinajstić information content (AvgIpc) is 2.85. The van der Waals surface area contributed by atoms with Crippen LogP contribution in [0, 0.1) is 0 Å². The van der Waals surface area contributed by atoms with Gasteiger partial charge in [-0.25, -0.2) is 9.78 Å². The molecule has 0 saturated carbocycles. The largest absolute Gasteiger partial charge is 0.493 e. The smallest absolute Gasteiger partial charge is 0.344 e. The molecule has 6 nitrogen and oxygen atoms in total. The summed E-state index contributed by atoms with van der Waals surface area (Å²) >= 11 is 3.32. The van der Waals surface area contributed by atoms with E-state index in [9.17, 15) is 4.79 Å². The summed E-state index contributed by atoms with van der Waals surface area (Å²) in [6.45, 7) is 0. The van der Waals surface area contributed by atoms with E-state index < -0.39 is 12.2 Å². The number of halogens is 1. The maximum absolute atomic E-state index is 12.1. The molecular formula is C15H13BrN2O4. The van der Waals surface area contributed by atoms with Gasteiger partial charge >= 0.3 is 5.97 Å². The van der Waals surface area contributed by atoms with Gasteiger partial charge in [-0.05, 0) is 40.2 Å². The van der Waals surface area contributed by atoms with E-state index in [1.54, 1.807) is 24.4 Å². The van der Waals surface area contributed by atoms with E-state index in [4.69, 9.17) is 14.2 Å². The number of nitrogens with zero attached hydrogens (tertiary/aromatic N) is 1. The number of fused-ring (bicyclic) bond motifs is 1. The predicted octanol–water partition coefficient (Wildman–Crippen LogP) is 3.14. The van der Waals surface area contributed by atoms with E-state index in [2.05, 4.69) is 26.2 Å². The standard InChI is InChI=1S/C15H13BrN2O4/c1-20-10-5-4-9-12(13(10)21-2)15(19)22-14(9)18-11-6-3-8(16)7-17-11/h3-7,14H,1-2H3,(H,17,18)/t14-/m1/s1. The van der Waals surface area contributed by atoms with Crippen molar-refractivity contribution in [2.45, 2.75) is 6.23 Å². The number of hydrogen-bond donors (Lipinski definition) is 1. The topological polar surface area (TPSA) is 69.7 Å². The van der Waals surface area contributed by atoms with E-state index >= 15 is 0 Å². The minimum absolute atomic E-state index is 0.372. The van der Waals surface area contributed by atoms with Crippen LogP contribution in [-0.2, 0) is 4.74 Å². The van der Waals surface area contributed by atoms with Crippen LogP contribution in [0.4, 0.5) is 5.82 Å². The van der Waals surface area contributed by atoms with Crippen molar-refractivity contribution in [2.24, 2.45) is 0 Å². The van der Waals surface area contributed by atoms with Gasteiger partial charge in [0, 0.05) is 16.2 Å². The highest BCUT2D eigenvalue weighted by Gasteiger charge is 2.36. The Balaban J connectivity index is 1.96. The maximum Gasteiger partial charge on any atom is 0.344 e. The summed E-state index contributed by atoms with van der Waals surface area (Å²) in [5, 5.41) is 3.07. The molecule has 2 aromatic rings. The highest BCUT2D eigenvalue weighted by Crippen LogP contribution is 2.41. The van der Waals surface area contributed by atoms with Crippen LogP contribution in [0.3, 0.4) is 0 Å². The van der Waals surface area contributed by atoms with E-state index in [1.807, 2.05) is 6.07 Å². The zero-order valence-corrected chi connectivity index (χ0v) is 13.5. The van der Waals surface area contributed by atoms with E-state index in [0.717, 1.165) is 4.47 Å². The number of esters is 1. The van der Waals surface area contributed by atoms with Gasteiger partial charge in [-0.15, -0.1) is 0 Å². The highest BCUT2D eigenvalue weighted by atomic mass is 79.9. The zero-order chi connectivity index (χ0) is 15.7. The molecule has 22 heavy (non-hydrogen) atoms. The number of hydrogen-bond acceptors (Lipinski definition) is 6. The van der Waals surface area contributed by atoms with E-state index in [0.29, 0.717) is 28.4 Å². The molecule has 0 radical (unpaired) electrons. The summed E-state index contributed by atoms with van der Waals surface area (Å²) < 4.78 is 16.7. The quantitative estimate of drug-likeness (QED) is 0.840. The summed E-state index contributed by atoms with van der Waals surface area (Å²) in [7, 11) is 3.01. The molecule has 0 amide bonds. The highest BCUT2D eigenvalue weighted by molar-refractivity contribution is 9.10. The molecule has 1 aliphatic heterocycles. The van der Waals surface area contributed by atoms with E-state index in [-0.39, 0.29) is 0 Å². The first kappa shape index (κ1) is 14.6. The number of pyridine rings is 1.